The van der Waals surface area contributed by atoms with Crippen LogP contribution in [0.3, 0.4) is 0 Å². The average molecular weight is 341 g/mol. The van der Waals surface area contributed by atoms with E-state index in [1.165, 1.54) is 11.3 Å². The second kappa shape index (κ2) is 8.01. The highest BCUT2D eigenvalue weighted by Crippen LogP contribution is 2.25. The van der Waals surface area contributed by atoms with E-state index in [1.807, 2.05) is 54.6 Å². The van der Waals surface area contributed by atoms with Crippen molar-refractivity contribution in [3.05, 3.63) is 60.2 Å². The number of nitrogens with one attached hydrogen (secondary N) is 2. The Morgan fingerprint density at radius 3 is 2.62 bits per heavy atom. The number of anilines is 1. The lowest BCUT2D eigenvalue weighted by molar-refractivity contribution is -0.115. The number of aromatic nitrogens is 1. The van der Waals surface area contributed by atoms with Gasteiger partial charge in [-0.25, -0.2) is 4.98 Å². The number of para-hydroxylation sites is 1. The fourth-order valence-corrected chi connectivity index (χ4v) is 3.39. The molecule has 1 aromatic heterocycles. The van der Waals surface area contributed by atoms with E-state index in [0.717, 1.165) is 15.8 Å². The normalized spacial score (nSPS) is 12.2. The SMILES string of the molecule is O=C(CNC(CCO)c1ccccc1)Nc1nc2ccccc2s1. The quantitative estimate of drug-likeness (QED) is 0.618. The highest BCUT2D eigenvalue weighted by molar-refractivity contribution is 7.22. The third kappa shape index (κ3) is 4.17. The predicted molar refractivity (Wildman–Crippen MR) is 97.1 cm³/mol. The van der Waals surface area contributed by atoms with Gasteiger partial charge >= 0.3 is 0 Å². The highest BCUT2D eigenvalue weighted by Gasteiger charge is 2.13. The number of carbonyl (C=O) groups is 1. The van der Waals surface area contributed by atoms with Crippen molar-refractivity contribution in [1.82, 2.24) is 10.3 Å². The molecule has 0 saturated carbocycles. The number of benzene rings is 2. The number of aliphatic hydroxyl groups excluding tert-OH is 1. The van der Waals surface area contributed by atoms with Crippen LogP contribution in [0.5, 0.6) is 0 Å². The van der Waals surface area contributed by atoms with E-state index >= 15 is 0 Å². The van der Waals surface area contributed by atoms with Gasteiger partial charge in [0.15, 0.2) is 5.13 Å². The van der Waals surface area contributed by atoms with Crippen molar-refractivity contribution in [3.8, 4) is 0 Å². The summed E-state index contributed by atoms with van der Waals surface area (Å²) in [6.07, 6.45) is 0.554. The maximum Gasteiger partial charge on any atom is 0.240 e. The Bertz CT molecular complexity index is 771. The molecule has 0 aliphatic carbocycles. The summed E-state index contributed by atoms with van der Waals surface area (Å²) in [7, 11) is 0. The maximum atomic E-state index is 12.2. The summed E-state index contributed by atoms with van der Waals surface area (Å²) < 4.78 is 1.04. The van der Waals surface area contributed by atoms with Crippen molar-refractivity contribution < 1.29 is 9.90 Å². The first-order valence-corrected chi connectivity index (χ1v) is 8.62. The van der Waals surface area contributed by atoms with Gasteiger partial charge in [-0.05, 0) is 24.1 Å². The summed E-state index contributed by atoms with van der Waals surface area (Å²) in [5.41, 5.74) is 1.94. The Morgan fingerprint density at radius 2 is 1.88 bits per heavy atom. The molecule has 0 fully saturated rings. The van der Waals surface area contributed by atoms with E-state index in [9.17, 15) is 9.90 Å². The highest BCUT2D eigenvalue weighted by atomic mass is 32.1. The molecule has 3 aromatic rings. The summed E-state index contributed by atoms with van der Waals surface area (Å²) in [5, 5.41) is 15.8. The van der Waals surface area contributed by atoms with Crippen molar-refractivity contribution in [2.24, 2.45) is 0 Å². The fraction of sp³-hybridized carbons (Fsp3) is 0.222. The van der Waals surface area contributed by atoms with E-state index in [2.05, 4.69) is 15.6 Å². The van der Waals surface area contributed by atoms with Crippen LogP contribution in [0.25, 0.3) is 10.2 Å². The van der Waals surface area contributed by atoms with Gasteiger partial charge in [0.25, 0.3) is 0 Å². The summed E-state index contributed by atoms with van der Waals surface area (Å²) in [5.74, 6) is -0.145. The van der Waals surface area contributed by atoms with E-state index in [0.29, 0.717) is 11.6 Å². The molecule has 0 bridgehead atoms. The second-order valence-electron chi connectivity index (χ2n) is 5.39. The van der Waals surface area contributed by atoms with Crippen LogP contribution in [0.2, 0.25) is 0 Å². The topological polar surface area (TPSA) is 74.2 Å². The standard InChI is InChI=1S/C18H19N3O2S/c22-11-10-14(13-6-2-1-3-7-13)19-12-17(23)21-18-20-15-8-4-5-9-16(15)24-18/h1-9,14,19,22H,10-12H2,(H,20,21,23). The molecule has 3 rings (SSSR count). The number of hydrogen-bond donors (Lipinski definition) is 3. The molecule has 0 saturated heterocycles. The number of aliphatic hydroxyl groups is 1. The van der Waals surface area contributed by atoms with E-state index in [-0.39, 0.29) is 25.1 Å². The maximum absolute atomic E-state index is 12.2. The molecule has 124 valence electrons. The summed E-state index contributed by atoms with van der Waals surface area (Å²) >= 11 is 1.46. The number of nitrogens with zero attached hydrogens (tertiary/aromatic N) is 1. The molecule has 6 heteroatoms. The number of hydrogen-bond acceptors (Lipinski definition) is 5. The van der Waals surface area contributed by atoms with E-state index < -0.39 is 0 Å². The van der Waals surface area contributed by atoms with Crippen LogP contribution < -0.4 is 10.6 Å². The van der Waals surface area contributed by atoms with Gasteiger partial charge in [0, 0.05) is 12.6 Å². The van der Waals surface area contributed by atoms with E-state index in [1.54, 1.807) is 0 Å². The van der Waals surface area contributed by atoms with Gasteiger partial charge < -0.3 is 15.7 Å². The first kappa shape index (κ1) is 16.6. The molecule has 1 heterocycles. The first-order valence-electron chi connectivity index (χ1n) is 7.81. The van der Waals surface area contributed by atoms with Crippen LogP contribution in [-0.2, 0) is 4.79 Å². The van der Waals surface area contributed by atoms with Crippen molar-refractivity contribution in [2.45, 2.75) is 12.5 Å². The number of fused-ring (bicyclic) bond motifs is 1. The Hall–Kier alpha value is -2.28. The molecule has 1 atom stereocenters. The molecular weight excluding hydrogens is 322 g/mol. The van der Waals surface area contributed by atoms with Gasteiger partial charge in [0.1, 0.15) is 0 Å². The summed E-state index contributed by atoms with van der Waals surface area (Å²) in [6.45, 7) is 0.224. The number of rotatable bonds is 7. The Balaban J connectivity index is 1.59. The number of amides is 1. The molecule has 1 unspecified atom stereocenters. The monoisotopic (exact) mass is 341 g/mol. The zero-order valence-corrected chi connectivity index (χ0v) is 13.9. The smallest absolute Gasteiger partial charge is 0.240 e. The van der Waals surface area contributed by atoms with Crippen molar-refractivity contribution in [3.63, 3.8) is 0 Å². The van der Waals surface area contributed by atoms with Crippen LogP contribution in [0.15, 0.2) is 54.6 Å². The minimum atomic E-state index is -0.145. The fourth-order valence-electron chi connectivity index (χ4n) is 2.51. The van der Waals surface area contributed by atoms with Gasteiger partial charge in [-0.15, -0.1) is 0 Å². The largest absolute Gasteiger partial charge is 0.396 e. The van der Waals surface area contributed by atoms with Crippen LogP contribution in [0, 0.1) is 0 Å². The molecule has 2 aromatic carbocycles. The lowest BCUT2D eigenvalue weighted by Crippen LogP contribution is -2.31. The predicted octanol–water partition coefficient (Wildman–Crippen LogP) is 2.95. The first-order chi connectivity index (χ1) is 11.8. The Morgan fingerprint density at radius 1 is 1.12 bits per heavy atom. The lowest BCUT2D eigenvalue weighted by Gasteiger charge is -2.17. The molecule has 3 N–H and O–H groups in total. The zero-order valence-electron chi connectivity index (χ0n) is 13.1. The molecule has 5 nitrogen and oxygen atoms in total. The minimum absolute atomic E-state index is 0.0580. The lowest BCUT2D eigenvalue weighted by atomic mass is 10.0. The van der Waals surface area contributed by atoms with Crippen LogP contribution in [0.4, 0.5) is 5.13 Å². The molecule has 1 amide bonds. The molecular formula is C18H19N3O2S. The van der Waals surface area contributed by atoms with Gasteiger partial charge in [-0.1, -0.05) is 53.8 Å². The molecule has 0 aliphatic heterocycles. The van der Waals surface area contributed by atoms with Crippen molar-refractivity contribution in [2.75, 3.05) is 18.5 Å². The Kier molecular flexibility index (Phi) is 5.53. The molecule has 24 heavy (non-hydrogen) atoms. The molecule has 0 spiro atoms. The number of carbonyl (C=O) groups excluding carboxylic acids is 1. The average Bonchev–Trinajstić information content (AvgIpc) is 3.01. The van der Waals surface area contributed by atoms with Crippen LogP contribution >= 0.6 is 11.3 Å². The summed E-state index contributed by atoms with van der Waals surface area (Å²) in [6, 6.07) is 17.5. The zero-order chi connectivity index (χ0) is 16.8. The molecule has 0 aliphatic rings. The van der Waals surface area contributed by atoms with Crippen molar-refractivity contribution >= 4 is 32.6 Å². The Labute approximate surface area is 144 Å². The minimum Gasteiger partial charge on any atom is -0.396 e. The molecule has 0 radical (unpaired) electrons. The number of thiazole rings is 1. The van der Waals surface area contributed by atoms with E-state index in [4.69, 9.17) is 0 Å². The van der Waals surface area contributed by atoms with Gasteiger partial charge in [-0.2, -0.15) is 0 Å². The third-order valence-corrected chi connectivity index (χ3v) is 4.62. The van der Waals surface area contributed by atoms with Crippen LogP contribution in [0.1, 0.15) is 18.0 Å². The van der Waals surface area contributed by atoms with Gasteiger partial charge in [0.05, 0.1) is 16.8 Å². The summed E-state index contributed by atoms with van der Waals surface area (Å²) in [4.78, 5) is 16.6. The van der Waals surface area contributed by atoms with Gasteiger partial charge in [0.2, 0.25) is 5.91 Å². The van der Waals surface area contributed by atoms with Crippen LogP contribution in [-0.4, -0.2) is 29.1 Å². The third-order valence-electron chi connectivity index (χ3n) is 3.67. The second-order valence-corrected chi connectivity index (χ2v) is 6.42. The van der Waals surface area contributed by atoms with Crippen molar-refractivity contribution in [1.29, 1.82) is 0 Å². The van der Waals surface area contributed by atoms with Gasteiger partial charge in [-0.3, -0.25) is 4.79 Å².